The largest absolute Gasteiger partial charge is 0.325 e. The number of thioether (sulfide) groups is 1. The Morgan fingerprint density at radius 1 is 1.23 bits per heavy atom. The van der Waals surface area contributed by atoms with Crippen molar-refractivity contribution < 1.29 is 9.59 Å². The number of hydrogen-bond donors (Lipinski definition) is 3. The van der Waals surface area contributed by atoms with Gasteiger partial charge in [-0.3, -0.25) is 14.4 Å². The molecule has 1 aliphatic rings. The Morgan fingerprint density at radius 2 is 2.03 bits per heavy atom. The van der Waals surface area contributed by atoms with E-state index in [1.54, 1.807) is 12.1 Å². The highest BCUT2D eigenvalue weighted by Crippen LogP contribution is 2.31. The average Bonchev–Trinajstić information content (AvgIpc) is 2.73. The van der Waals surface area contributed by atoms with Crippen molar-refractivity contribution in [3.8, 4) is 0 Å². The number of anilines is 2. The lowest BCUT2D eigenvalue weighted by Crippen LogP contribution is -2.36. The van der Waals surface area contributed by atoms with Crippen LogP contribution in [0.15, 0.2) is 58.5 Å². The van der Waals surface area contributed by atoms with Gasteiger partial charge in [0.25, 0.3) is 5.56 Å². The fraction of sp³-hybridized carbons (Fsp3) is 0.182. The summed E-state index contributed by atoms with van der Waals surface area (Å²) in [6.45, 7) is 1.87. The van der Waals surface area contributed by atoms with Gasteiger partial charge in [-0.05, 0) is 36.2 Å². The van der Waals surface area contributed by atoms with Gasteiger partial charge in [0.1, 0.15) is 5.82 Å². The van der Waals surface area contributed by atoms with Crippen molar-refractivity contribution in [1.82, 2.24) is 9.97 Å². The van der Waals surface area contributed by atoms with Crippen LogP contribution in [0.4, 0.5) is 11.5 Å². The molecule has 0 bridgehead atoms. The number of amides is 2. The second-order valence-corrected chi connectivity index (χ2v) is 8.56. The summed E-state index contributed by atoms with van der Waals surface area (Å²) in [6.07, 6.45) is -0.121. The topological polar surface area (TPSA) is 104 Å². The van der Waals surface area contributed by atoms with Gasteiger partial charge in [0.15, 0.2) is 5.16 Å². The first-order chi connectivity index (χ1) is 14.9. The van der Waals surface area contributed by atoms with Crippen LogP contribution in [0.5, 0.6) is 0 Å². The van der Waals surface area contributed by atoms with Gasteiger partial charge in [0.05, 0.1) is 11.5 Å². The molecule has 1 atom stereocenters. The number of fused-ring (bicyclic) bond motifs is 1. The molecule has 2 aromatic carbocycles. The Labute approximate surface area is 187 Å². The lowest BCUT2D eigenvalue weighted by molar-refractivity contribution is -0.123. The first-order valence-corrected chi connectivity index (χ1v) is 10.9. The fourth-order valence-electron chi connectivity index (χ4n) is 3.35. The number of aryl methyl sites for hydroxylation is 1. The SMILES string of the molecule is Cc1ccccc1NC(=O)C1CC(=O)Nc2nc(SCc3cccc(Cl)c3)[nH]c(=O)c21. The van der Waals surface area contributed by atoms with Crippen molar-refractivity contribution in [2.24, 2.45) is 0 Å². The summed E-state index contributed by atoms with van der Waals surface area (Å²) in [5.41, 5.74) is 2.22. The van der Waals surface area contributed by atoms with Crippen molar-refractivity contribution in [3.63, 3.8) is 0 Å². The van der Waals surface area contributed by atoms with Gasteiger partial charge in [-0.15, -0.1) is 0 Å². The summed E-state index contributed by atoms with van der Waals surface area (Å²) in [6, 6.07) is 14.7. The third kappa shape index (κ3) is 4.81. The van der Waals surface area contributed by atoms with E-state index in [9.17, 15) is 14.4 Å². The van der Waals surface area contributed by atoms with E-state index in [0.29, 0.717) is 21.6 Å². The van der Waals surface area contributed by atoms with E-state index in [1.807, 2.05) is 43.3 Å². The van der Waals surface area contributed by atoms with Crippen LogP contribution < -0.4 is 16.2 Å². The van der Waals surface area contributed by atoms with Crippen molar-refractivity contribution in [2.45, 2.75) is 30.2 Å². The number of benzene rings is 2. The molecule has 1 aliphatic heterocycles. The maximum Gasteiger partial charge on any atom is 0.257 e. The number of aromatic amines is 1. The van der Waals surface area contributed by atoms with Crippen molar-refractivity contribution in [1.29, 1.82) is 0 Å². The number of hydrogen-bond acceptors (Lipinski definition) is 5. The third-order valence-electron chi connectivity index (χ3n) is 4.91. The molecule has 0 radical (unpaired) electrons. The highest BCUT2D eigenvalue weighted by atomic mass is 35.5. The molecule has 2 amide bonds. The Hall–Kier alpha value is -3.10. The van der Waals surface area contributed by atoms with Crippen LogP contribution in [0.3, 0.4) is 0 Å². The highest BCUT2D eigenvalue weighted by molar-refractivity contribution is 7.98. The minimum Gasteiger partial charge on any atom is -0.325 e. The van der Waals surface area contributed by atoms with Gasteiger partial charge in [0, 0.05) is 22.9 Å². The number of rotatable bonds is 5. The van der Waals surface area contributed by atoms with Crippen LogP contribution in [0.1, 0.15) is 29.0 Å². The maximum atomic E-state index is 12.9. The second-order valence-electron chi connectivity index (χ2n) is 7.16. The zero-order chi connectivity index (χ0) is 22.0. The number of H-pyrrole nitrogens is 1. The van der Waals surface area contributed by atoms with E-state index < -0.39 is 17.4 Å². The number of halogens is 1. The van der Waals surface area contributed by atoms with Gasteiger partial charge < -0.3 is 15.6 Å². The zero-order valence-corrected chi connectivity index (χ0v) is 18.1. The molecule has 0 saturated carbocycles. The summed E-state index contributed by atoms with van der Waals surface area (Å²) >= 11 is 7.32. The standard InChI is InChI=1S/C22H19ClN4O3S/c1-12-5-2-3-8-16(12)24-20(29)15-10-17(28)25-19-18(15)21(30)27-22(26-19)31-11-13-6-4-7-14(23)9-13/h2-9,15H,10-11H2,1H3,(H,24,29)(H2,25,26,27,28,30). The summed E-state index contributed by atoms with van der Waals surface area (Å²) in [4.78, 5) is 45.1. The van der Waals surface area contributed by atoms with E-state index in [1.165, 1.54) is 11.8 Å². The zero-order valence-electron chi connectivity index (χ0n) is 16.6. The number of nitrogens with zero attached hydrogens (tertiary/aromatic N) is 1. The van der Waals surface area contributed by atoms with Crippen molar-refractivity contribution in [3.05, 3.63) is 80.6 Å². The maximum absolute atomic E-state index is 12.9. The smallest absolute Gasteiger partial charge is 0.257 e. The van der Waals surface area contributed by atoms with E-state index in [-0.39, 0.29) is 23.7 Å². The fourth-order valence-corrected chi connectivity index (χ4v) is 4.37. The quantitative estimate of drug-likeness (QED) is 0.398. The van der Waals surface area contributed by atoms with Gasteiger partial charge >= 0.3 is 0 Å². The Morgan fingerprint density at radius 3 is 2.81 bits per heavy atom. The van der Waals surface area contributed by atoms with Gasteiger partial charge in [-0.2, -0.15) is 0 Å². The van der Waals surface area contributed by atoms with Crippen molar-refractivity contribution >= 4 is 46.7 Å². The van der Waals surface area contributed by atoms with Crippen LogP contribution in [-0.2, 0) is 15.3 Å². The van der Waals surface area contributed by atoms with E-state index in [2.05, 4.69) is 20.6 Å². The van der Waals surface area contributed by atoms with Crippen LogP contribution >= 0.6 is 23.4 Å². The van der Waals surface area contributed by atoms with Crippen molar-refractivity contribution in [2.75, 3.05) is 10.6 Å². The minimum absolute atomic E-state index is 0.121. The Kier molecular flexibility index (Phi) is 6.11. The van der Waals surface area contributed by atoms with Crippen LogP contribution in [-0.4, -0.2) is 21.8 Å². The normalized spacial score (nSPS) is 15.2. The number of carbonyl (C=O) groups excluding carboxylic acids is 2. The van der Waals surface area contributed by atoms with Gasteiger partial charge in [-0.25, -0.2) is 4.98 Å². The predicted molar refractivity (Wildman–Crippen MR) is 122 cm³/mol. The monoisotopic (exact) mass is 454 g/mol. The van der Waals surface area contributed by atoms with E-state index in [4.69, 9.17) is 11.6 Å². The lowest BCUT2D eigenvalue weighted by atomic mass is 9.92. The van der Waals surface area contributed by atoms with Gasteiger partial charge in [-0.1, -0.05) is 53.7 Å². The molecule has 0 saturated heterocycles. The molecule has 1 aromatic heterocycles. The Balaban J connectivity index is 1.58. The average molecular weight is 455 g/mol. The summed E-state index contributed by atoms with van der Waals surface area (Å²) in [7, 11) is 0. The molecule has 31 heavy (non-hydrogen) atoms. The molecular formula is C22H19ClN4O3S. The molecule has 158 valence electrons. The van der Waals surface area contributed by atoms with Gasteiger partial charge in [0.2, 0.25) is 11.8 Å². The molecule has 0 spiro atoms. The molecular weight excluding hydrogens is 436 g/mol. The number of nitrogens with one attached hydrogen (secondary N) is 3. The number of carbonyl (C=O) groups is 2. The van der Waals surface area contributed by atoms with Crippen LogP contribution in [0, 0.1) is 6.92 Å². The molecule has 2 heterocycles. The third-order valence-corrected chi connectivity index (χ3v) is 6.09. The second kappa shape index (κ2) is 8.95. The first kappa shape index (κ1) is 21.1. The number of aromatic nitrogens is 2. The Bertz CT molecular complexity index is 1230. The molecule has 1 unspecified atom stereocenters. The molecule has 9 heteroatoms. The molecule has 7 nitrogen and oxygen atoms in total. The van der Waals surface area contributed by atoms with Crippen LogP contribution in [0.2, 0.25) is 5.02 Å². The molecule has 0 fully saturated rings. The molecule has 0 aliphatic carbocycles. The minimum atomic E-state index is -0.924. The molecule has 3 N–H and O–H groups in total. The first-order valence-electron chi connectivity index (χ1n) is 9.58. The summed E-state index contributed by atoms with van der Waals surface area (Å²) in [5.74, 6) is -1.04. The molecule has 4 rings (SSSR count). The summed E-state index contributed by atoms with van der Waals surface area (Å²) < 4.78 is 0. The number of para-hydroxylation sites is 1. The highest BCUT2D eigenvalue weighted by Gasteiger charge is 2.34. The predicted octanol–water partition coefficient (Wildman–Crippen LogP) is 4.09. The lowest BCUT2D eigenvalue weighted by Gasteiger charge is -2.23. The summed E-state index contributed by atoms with van der Waals surface area (Å²) in [5, 5.41) is 6.42. The van der Waals surface area contributed by atoms with E-state index in [0.717, 1.165) is 11.1 Å². The van der Waals surface area contributed by atoms with Crippen LogP contribution in [0.25, 0.3) is 0 Å². The van der Waals surface area contributed by atoms with E-state index >= 15 is 0 Å². The molecule has 3 aromatic rings.